The van der Waals surface area contributed by atoms with Crippen LogP contribution in [0.1, 0.15) is 12.5 Å². The van der Waals surface area contributed by atoms with Crippen LogP contribution in [-0.2, 0) is 21.4 Å². The minimum Gasteiger partial charge on any atom is -0.494 e. The van der Waals surface area contributed by atoms with Crippen molar-refractivity contribution in [1.29, 1.82) is 0 Å². The summed E-state index contributed by atoms with van der Waals surface area (Å²) in [5.41, 5.74) is 0.947. The lowest BCUT2D eigenvalue weighted by molar-refractivity contribution is -0.119. The van der Waals surface area contributed by atoms with Crippen molar-refractivity contribution < 1.29 is 22.3 Å². The average molecular weight is 415 g/mol. The molecular weight excluding hydrogens is 395 g/mol. The molecule has 0 aliphatic carbocycles. The maximum Gasteiger partial charge on any atom is 0.241 e. The molecule has 0 atom stereocenters. The van der Waals surface area contributed by atoms with E-state index in [1.54, 1.807) is 24.3 Å². The van der Waals surface area contributed by atoms with Gasteiger partial charge in [-0.1, -0.05) is 23.7 Å². The third-order valence-corrected chi connectivity index (χ3v) is 5.03. The van der Waals surface area contributed by atoms with Gasteiger partial charge in [-0.3, -0.25) is 9.10 Å². The molecular formula is C18H20ClFN2O4S. The number of amides is 1. The fraction of sp³-hybridized carbons (Fsp3) is 0.278. The number of ether oxygens (including phenoxy) is 1. The lowest BCUT2D eigenvalue weighted by atomic mass is 10.2. The number of anilines is 1. The summed E-state index contributed by atoms with van der Waals surface area (Å²) in [7, 11) is -3.76. The summed E-state index contributed by atoms with van der Waals surface area (Å²) in [6, 6.07) is 10.6. The fourth-order valence-corrected chi connectivity index (χ4v) is 3.32. The molecule has 1 N–H and O–H groups in total. The van der Waals surface area contributed by atoms with Gasteiger partial charge < -0.3 is 10.1 Å². The van der Waals surface area contributed by atoms with Gasteiger partial charge in [0.25, 0.3) is 0 Å². The van der Waals surface area contributed by atoms with Crippen LogP contribution in [0.15, 0.2) is 42.5 Å². The van der Waals surface area contributed by atoms with Crippen LogP contribution >= 0.6 is 11.6 Å². The van der Waals surface area contributed by atoms with Gasteiger partial charge in [0.1, 0.15) is 18.1 Å². The van der Waals surface area contributed by atoms with Crippen LogP contribution in [0.2, 0.25) is 5.02 Å². The van der Waals surface area contributed by atoms with Crippen LogP contribution in [0, 0.1) is 5.82 Å². The molecule has 2 aromatic rings. The van der Waals surface area contributed by atoms with Gasteiger partial charge in [-0.2, -0.15) is 0 Å². The first-order valence-corrected chi connectivity index (χ1v) is 10.3. The summed E-state index contributed by atoms with van der Waals surface area (Å²) in [6.07, 6.45) is 0.962. The normalized spacial score (nSPS) is 11.1. The highest BCUT2D eigenvalue weighted by atomic mass is 35.5. The number of hydrogen-bond donors (Lipinski definition) is 1. The number of hydrogen-bond acceptors (Lipinski definition) is 4. The number of carbonyl (C=O) groups excluding carboxylic acids is 1. The van der Waals surface area contributed by atoms with E-state index in [1.807, 2.05) is 6.92 Å². The zero-order chi connectivity index (χ0) is 20.0. The van der Waals surface area contributed by atoms with Crippen molar-refractivity contribution in [2.75, 3.05) is 23.7 Å². The quantitative estimate of drug-likeness (QED) is 0.720. The number of rotatable bonds is 8. The minimum absolute atomic E-state index is 0.111. The van der Waals surface area contributed by atoms with E-state index in [-0.39, 0.29) is 17.3 Å². The first kappa shape index (κ1) is 21.0. The fourth-order valence-electron chi connectivity index (χ4n) is 2.30. The Morgan fingerprint density at radius 1 is 1.22 bits per heavy atom. The van der Waals surface area contributed by atoms with E-state index in [4.69, 9.17) is 16.3 Å². The molecule has 0 heterocycles. The minimum atomic E-state index is -3.76. The molecule has 0 saturated heterocycles. The molecule has 0 saturated carbocycles. The molecule has 0 bridgehead atoms. The molecule has 0 aromatic heterocycles. The number of carbonyl (C=O) groups is 1. The van der Waals surface area contributed by atoms with Crippen molar-refractivity contribution in [2.24, 2.45) is 0 Å². The Morgan fingerprint density at radius 3 is 2.44 bits per heavy atom. The number of nitrogens with zero attached hydrogens (tertiary/aromatic N) is 1. The molecule has 2 rings (SSSR count). The van der Waals surface area contributed by atoms with E-state index in [2.05, 4.69) is 5.32 Å². The molecule has 0 spiro atoms. The second kappa shape index (κ2) is 9.05. The Hall–Kier alpha value is -2.32. The standard InChI is InChI=1S/C18H20ClFN2O4S/c1-3-26-15-7-4-13(5-8-15)11-21-18(23)12-22(27(2,24)25)14-6-9-17(20)16(19)10-14/h4-10H,3,11-12H2,1-2H3,(H,21,23). The smallest absolute Gasteiger partial charge is 0.241 e. The highest BCUT2D eigenvalue weighted by Crippen LogP contribution is 2.24. The molecule has 146 valence electrons. The van der Waals surface area contributed by atoms with Gasteiger partial charge in [-0.15, -0.1) is 0 Å². The monoisotopic (exact) mass is 414 g/mol. The summed E-state index contributed by atoms with van der Waals surface area (Å²) in [5.74, 6) is -0.451. The van der Waals surface area contributed by atoms with Crippen molar-refractivity contribution in [3.05, 3.63) is 58.9 Å². The first-order valence-electron chi connectivity index (χ1n) is 8.12. The number of sulfonamides is 1. The van der Waals surface area contributed by atoms with Crippen LogP contribution in [0.3, 0.4) is 0 Å². The second-order valence-corrected chi connectivity index (χ2v) is 8.04. The summed E-state index contributed by atoms with van der Waals surface area (Å²) < 4.78 is 43.6. The topological polar surface area (TPSA) is 75.7 Å². The maximum atomic E-state index is 13.3. The van der Waals surface area contributed by atoms with E-state index < -0.39 is 28.3 Å². The van der Waals surface area contributed by atoms with E-state index in [9.17, 15) is 17.6 Å². The number of nitrogens with one attached hydrogen (secondary N) is 1. The highest BCUT2D eigenvalue weighted by Gasteiger charge is 2.21. The zero-order valence-corrected chi connectivity index (χ0v) is 16.5. The van der Waals surface area contributed by atoms with Crippen molar-refractivity contribution >= 4 is 33.2 Å². The van der Waals surface area contributed by atoms with Gasteiger partial charge >= 0.3 is 0 Å². The highest BCUT2D eigenvalue weighted by molar-refractivity contribution is 7.92. The van der Waals surface area contributed by atoms with Gasteiger partial charge in [-0.25, -0.2) is 12.8 Å². The molecule has 6 nitrogen and oxygen atoms in total. The number of halogens is 2. The van der Waals surface area contributed by atoms with E-state index in [1.165, 1.54) is 6.07 Å². The predicted molar refractivity (Wildman–Crippen MR) is 103 cm³/mol. The van der Waals surface area contributed by atoms with Crippen LogP contribution in [0.25, 0.3) is 0 Å². The molecule has 0 unspecified atom stereocenters. The van der Waals surface area contributed by atoms with E-state index >= 15 is 0 Å². The van der Waals surface area contributed by atoms with Crippen molar-refractivity contribution in [3.8, 4) is 5.75 Å². The second-order valence-electron chi connectivity index (χ2n) is 5.72. The molecule has 0 fully saturated rings. The third-order valence-electron chi connectivity index (χ3n) is 3.60. The largest absolute Gasteiger partial charge is 0.494 e. The van der Waals surface area contributed by atoms with Crippen LogP contribution in [-0.4, -0.2) is 33.7 Å². The lowest BCUT2D eigenvalue weighted by Gasteiger charge is -2.22. The van der Waals surface area contributed by atoms with Gasteiger partial charge in [-0.05, 0) is 42.8 Å². The predicted octanol–water partition coefficient (Wildman–Crippen LogP) is 2.96. The van der Waals surface area contributed by atoms with Crippen molar-refractivity contribution in [1.82, 2.24) is 5.32 Å². The molecule has 2 aromatic carbocycles. The van der Waals surface area contributed by atoms with Gasteiger partial charge in [0.05, 0.1) is 23.6 Å². The Balaban J connectivity index is 2.04. The molecule has 9 heteroatoms. The Morgan fingerprint density at radius 2 is 1.89 bits per heavy atom. The average Bonchev–Trinajstić information content (AvgIpc) is 2.61. The van der Waals surface area contributed by atoms with Crippen molar-refractivity contribution in [3.63, 3.8) is 0 Å². The summed E-state index contributed by atoms with van der Waals surface area (Å²) >= 11 is 5.71. The number of benzene rings is 2. The summed E-state index contributed by atoms with van der Waals surface area (Å²) in [6.45, 7) is 2.23. The van der Waals surface area contributed by atoms with Gasteiger partial charge in [0.2, 0.25) is 15.9 Å². The van der Waals surface area contributed by atoms with E-state index in [0.29, 0.717) is 6.61 Å². The Labute approximate surface area is 162 Å². The SMILES string of the molecule is CCOc1ccc(CNC(=O)CN(c2ccc(F)c(Cl)c2)S(C)(=O)=O)cc1. The van der Waals surface area contributed by atoms with Crippen LogP contribution < -0.4 is 14.4 Å². The summed E-state index contributed by atoms with van der Waals surface area (Å²) in [4.78, 5) is 12.2. The zero-order valence-electron chi connectivity index (χ0n) is 14.9. The summed E-state index contributed by atoms with van der Waals surface area (Å²) in [5, 5.41) is 2.43. The molecule has 1 amide bonds. The first-order chi connectivity index (χ1) is 12.7. The molecule has 0 aliphatic rings. The van der Waals surface area contributed by atoms with Crippen LogP contribution in [0.4, 0.5) is 10.1 Å². The Kier molecular flexibility index (Phi) is 7.04. The molecule has 0 aliphatic heterocycles. The molecule has 27 heavy (non-hydrogen) atoms. The van der Waals surface area contributed by atoms with Crippen molar-refractivity contribution in [2.45, 2.75) is 13.5 Å². The Bertz CT molecular complexity index is 904. The third kappa shape index (κ3) is 6.11. The van der Waals surface area contributed by atoms with Gasteiger partial charge in [0.15, 0.2) is 0 Å². The maximum absolute atomic E-state index is 13.3. The molecule has 0 radical (unpaired) electrons. The van der Waals surface area contributed by atoms with E-state index in [0.717, 1.165) is 34.0 Å². The van der Waals surface area contributed by atoms with Gasteiger partial charge in [0, 0.05) is 6.54 Å². The van der Waals surface area contributed by atoms with Crippen LogP contribution in [0.5, 0.6) is 5.75 Å². The lowest BCUT2D eigenvalue weighted by Crippen LogP contribution is -2.40.